The van der Waals surface area contributed by atoms with Crippen LogP contribution < -0.4 is 10.1 Å². The van der Waals surface area contributed by atoms with Gasteiger partial charge in [0.25, 0.3) is 5.56 Å². The molecule has 3 heterocycles. The molecular formula is C10H14N4O7P+. The van der Waals surface area contributed by atoms with Crippen molar-refractivity contribution in [2.45, 2.75) is 24.9 Å². The zero-order chi connectivity index (χ0) is 15.9. The van der Waals surface area contributed by atoms with E-state index < -0.39 is 32.9 Å². The third-order valence-electron chi connectivity index (χ3n) is 3.35. The van der Waals surface area contributed by atoms with Crippen LogP contribution in [0.25, 0.3) is 11.2 Å². The number of aliphatic hydroxyl groups excluding tert-OH is 1. The van der Waals surface area contributed by atoms with Crippen molar-refractivity contribution in [3.8, 4) is 0 Å². The average Bonchev–Trinajstić information content (AvgIpc) is 3.00. The van der Waals surface area contributed by atoms with Crippen LogP contribution in [0.1, 0.15) is 12.6 Å². The Kier molecular flexibility index (Phi) is 3.85. The first kappa shape index (κ1) is 15.3. The molecule has 3 rings (SSSR count). The summed E-state index contributed by atoms with van der Waals surface area (Å²) >= 11 is 0. The second kappa shape index (κ2) is 5.54. The Bertz CT molecular complexity index is 783. The van der Waals surface area contributed by atoms with Gasteiger partial charge in [0.15, 0.2) is 18.9 Å². The number of imidazole rings is 1. The Labute approximate surface area is 122 Å². The van der Waals surface area contributed by atoms with E-state index in [0.29, 0.717) is 5.65 Å². The van der Waals surface area contributed by atoms with Gasteiger partial charge in [0.2, 0.25) is 5.52 Å². The molecule has 0 bridgehead atoms. The van der Waals surface area contributed by atoms with E-state index in [2.05, 4.69) is 19.5 Å². The molecule has 1 saturated heterocycles. The second-order valence-corrected chi connectivity index (χ2v) is 6.07. The predicted molar refractivity (Wildman–Crippen MR) is 69.4 cm³/mol. The fourth-order valence-electron chi connectivity index (χ4n) is 2.34. The largest absolute Gasteiger partial charge is 0.469 e. The Morgan fingerprint density at radius 3 is 3.00 bits per heavy atom. The molecule has 2 aromatic rings. The van der Waals surface area contributed by atoms with Gasteiger partial charge in [-0.25, -0.2) is 9.13 Å². The molecular weight excluding hydrogens is 319 g/mol. The SMILES string of the molecule is O=c1[nH]cnc2c1[nH]c[n+]2C1CC(O)C(COP(=O)(O)O)O1. The van der Waals surface area contributed by atoms with Gasteiger partial charge in [0, 0.05) is 6.42 Å². The number of phosphoric acid groups is 1. The Hall–Kier alpha value is -1.62. The van der Waals surface area contributed by atoms with Crippen LogP contribution in [-0.2, 0) is 13.8 Å². The van der Waals surface area contributed by atoms with Crippen LogP contribution in [0, 0.1) is 0 Å². The van der Waals surface area contributed by atoms with E-state index in [-0.39, 0.29) is 17.5 Å². The summed E-state index contributed by atoms with van der Waals surface area (Å²) in [5.74, 6) is 0. The van der Waals surface area contributed by atoms with E-state index in [1.807, 2.05) is 0 Å². The lowest BCUT2D eigenvalue weighted by atomic mass is 10.2. The lowest BCUT2D eigenvalue weighted by molar-refractivity contribution is -0.738. The Morgan fingerprint density at radius 2 is 2.27 bits per heavy atom. The highest BCUT2D eigenvalue weighted by Crippen LogP contribution is 2.37. The molecule has 0 saturated carbocycles. The van der Waals surface area contributed by atoms with Crippen LogP contribution in [0.3, 0.4) is 0 Å². The molecule has 1 aliphatic heterocycles. The first-order valence-electron chi connectivity index (χ1n) is 6.34. The number of nitrogens with one attached hydrogen (secondary N) is 2. The summed E-state index contributed by atoms with van der Waals surface area (Å²) < 4.78 is 22.1. The maximum absolute atomic E-state index is 11.6. The van der Waals surface area contributed by atoms with Crippen molar-refractivity contribution in [1.82, 2.24) is 15.0 Å². The van der Waals surface area contributed by atoms with Crippen LogP contribution in [-0.4, -0.2) is 48.7 Å². The summed E-state index contributed by atoms with van der Waals surface area (Å²) in [6.45, 7) is -0.446. The van der Waals surface area contributed by atoms with Gasteiger partial charge in [-0.3, -0.25) is 19.3 Å². The predicted octanol–water partition coefficient (Wildman–Crippen LogP) is -1.70. The third-order valence-corrected chi connectivity index (χ3v) is 3.83. The van der Waals surface area contributed by atoms with Gasteiger partial charge in [0.1, 0.15) is 6.10 Å². The van der Waals surface area contributed by atoms with E-state index in [0.717, 1.165) is 0 Å². The number of aliphatic hydroxyl groups is 1. The van der Waals surface area contributed by atoms with Crippen LogP contribution in [0.2, 0.25) is 0 Å². The molecule has 120 valence electrons. The molecule has 0 aromatic carbocycles. The molecule has 12 heteroatoms. The lowest BCUT2D eigenvalue weighted by Gasteiger charge is -2.14. The second-order valence-electron chi connectivity index (χ2n) is 4.83. The van der Waals surface area contributed by atoms with Crippen LogP contribution >= 0.6 is 7.82 Å². The monoisotopic (exact) mass is 333 g/mol. The van der Waals surface area contributed by atoms with Crippen molar-refractivity contribution in [2.24, 2.45) is 0 Å². The smallest absolute Gasteiger partial charge is 0.390 e. The van der Waals surface area contributed by atoms with Crippen LogP contribution in [0.4, 0.5) is 0 Å². The molecule has 1 aliphatic rings. The molecule has 11 nitrogen and oxygen atoms in total. The summed E-state index contributed by atoms with van der Waals surface area (Å²) in [5, 5.41) is 9.91. The number of aromatic nitrogens is 4. The normalized spacial score (nSPS) is 25.9. The molecule has 1 fully saturated rings. The number of rotatable bonds is 4. The maximum atomic E-state index is 11.6. The zero-order valence-corrected chi connectivity index (χ0v) is 12.0. The standard InChI is InChI=1S/C10H13N4O7P/c15-5-1-7(21-6(5)2-20-22(17,18)19)14-4-13-8-9(14)11-3-12-10(8)16/h3-7,15H,1-2H2,(H3,11,12,16,17,18,19)/p+1. The number of ether oxygens (including phenoxy) is 1. The highest BCUT2D eigenvalue weighted by molar-refractivity contribution is 7.46. The fraction of sp³-hybridized carbons (Fsp3) is 0.500. The highest BCUT2D eigenvalue weighted by atomic mass is 31.2. The molecule has 0 amide bonds. The average molecular weight is 333 g/mol. The van der Waals surface area contributed by atoms with Crippen molar-refractivity contribution < 1.29 is 33.3 Å². The number of fused-ring (bicyclic) bond motifs is 1. The number of aromatic amines is 2. The van der Waals surface area contributed by atoms with E-state index in [4.69, 9.17) is 14.5 Å². The van der Waals surface area contributed by atoms with Crippen molar-refractivity contribution >= 4 is 19.0 Å². The van der Waals surface area contributed by atoms with Gasteiger partial charge in [-0.05, 0) is 0 Å². The van der Waals surface area contributed by atoms with Gasteiger partial charge in [-0.15, -0.1) is 0 Å². The summed E-state index contributed by atoms with van der Waals surface area (Å²) in [6, 6.07) is 0. The van der Waals surface area contributed by atoms with Crippen molar-refractivity contribution in [3.05, 3.63) is 23.0 Å². The molecule has 5 N–H and O–H groups in total. The fourth-order valence-corrected chi connectivity index (χ4v) is 2.68. The van der Waals surface area contributed by atoms with E-state index in [1.54, 1.807) is 0 Å². The quantitative estimate of drug-likeness (QED) is 0.326. The van der Waals surface area contributed by atoms with Crippen LogP contribution in [0.15, 0.2) is 17.4 Å². The zero-order valence-electron chi connectivity index (χ0n) is 11.1. The van der Waals surface area contributed by atoms with Gasteiger partial charge < -0.3 is 19.6 Å². The number of H-pyrrole nitrogens is 2. The van der Waals surface area contributed by atoms with E-state index in [9.17, 15) is 14.5 Å². The molecule has 3 unspecified atom stereocenters. The number of hydrogen-bond donors (Lipinski definition) is 5. The number of hydrogen-bond acceptors (Lipinski definition) is 6. The Morgan fingerprint density at radius 1 is 1.50 bits per heavy atom. The summed E-state index contributed by atoms with van der Waals surface area (Å²) in [5.41, 5.74) is 0.261. The van der Waals surface area contributed by atoms with E-state index >= 15 is 0 Å². The minimum atomic E-state index is -4.63. The molecule has 3 atom stereocenters. The lowest BCUT2D eigenvalue weighted by Crippen LogP contribution is -2.39. The van der Waals surface area contributed by atoms with Gasteiger partial charge in [-0.2, -0.15) is 0 Å². The molecule has 0 spiro atoms. The molecule has 0 aliphatic carbocycles. The minimum absolute atomic E-state index is 0.168. The van der Waals surface area contributed by atoms with Crippen LogP contribution in [0.5, 0.6) is 0 Å². The van der Waals surface area contributed by atoms with Crippen molar-refractivity contribution in [2.75, 3.05) is 6.61 Å². The molecule has 2 aromatic heterocycles. The van der Waals surface area contributed by atoms with Crippen molar-refractivity contribution in [1.29, 1.82) is 0 Å². The molecule has 22 heavy (non-hydrogen) atoms. The minimum Gasteiger partial charge on any atom is -0.390 e. The van der Waals surface area contributed by atoms with Gasteiger partial charge in [0.05, 0.1) is 12.7 Å². The van der Waals surface area contributed by atoms with Gasteiger partial charge in [-0.1, -0.05) is 4.98 Å². The first-order chi connectivity index (χ1) is 10.3. The first-order valence-corrected chi connectivity index (χ1v) is 7.88. The number of phosphoric ester groups is 1. The topological polar surface area (TPSA) is 162 Å². The third kappa shape index (κ3) is 2.95. The summed E-state index contributed by atoms with van der Waals surface area (Å²) in [7, 11) is -4.63. The maximum Gasteiger partial charge on any atom is 0.469 e. The number of nitrogens with zero attached hydrogens (tertiary/aromatic N) is 2. The van der Waals surface area contributed by atoms with Gasteiger partial charge >= 0.3 is 13.5 Å². The molecule has 0 radical (unpaired) electrons. The summed E-state index contributed by atoms with van der Waals surface area (Å²) in [4.78, 5) is 38.2. The Balaban J connectivity index is 1.80. The highest BCUT2D eigenvalue weighted by Gasteiger charge is 2.39. The summed E-state index contributed by atoms with van der Waals surface area (Å²) in [6.07, 6.45) is 0.406. The van der Waals surface area contributed by atoms with E-state index in [1.165, 1.54) is 17.2 Å². The van der Waals surface area contributed by atoms with Crippen molar-refractivity contribution in [3.63, 3.8) is 0 Å².